The Morgan fingerprint density at radius 3 is 2.75 bits per heavy atom. The number of nitrogens with two attached hydrogens (primary N) is 1. The SMILES string of the molecule is Cc1ccc(CN)cc1NC(=O)c1cc(O)ccc1Cl. The van der Waals surface area contributed by atoms with E-state index in [4.69, 9.17) is 17.3 Å². The number of halogens is 1. The maximum Gasteiger partial charge on any atom is 0.257 e. The number of rotatable bonds is 3. The minimum atomic E-state index is -0.372. The fourth-order valence-electron chi connectivity index (χ4n) is 1.81. The molecule has 4 N–H and O–H groups in total. The van der Waals surface area contributed by atoms with Gasteiger partial charge in [0.05, 0.1) is 10.6 Å². The Bertz CT molecular complexity index is 656. The molecule has 2 aromatic carbocycles. The zero-order valence-corrected chi connectivity index (χ0v) is 11.7. The van der Waals surface area contributed by atoms with E-state index >= 15 is 0 Å². The number of hydrogen-bond donors (Lipinski definition) is 3. The molecule has 0 saturated carbocycles. The van der Waals surface area contributed by atoms with Crippen LogP contribution in [0.25, 0.3) is 0 Å². The highest BCUT2D eigenvalue weighted by Gasteiger charge is 2.12. The maximum atomic E-state index is 12.2. The van der Waals surface area contributed by atoms with Gasteiger partial charge >= 0.3 is 0 Å². The summed E-state index contributed by atoms with van der Waals surface area (Å²) in [6.07, 6.45) is 0. The molecule has 2 aromatic rings. The summed E-state index contributed by atoms with van der Waals surface area (Å²) in [6.45, 7) is 2.29. The molecule has 0 heterocycles. The number of carbonyl (C=O) groups excluding carboxylic acids is 1. The van der Waals surface area contributed by atoms with Gasteiger partial charge in [-0.25, -0.2) is 0 Å². The Kier molecular flexibility index (Phi) is 4.27. The van der Waals surface area contributed by atoms with Gasteiger partial charge in [-0.1, -0.05) is 23.7 Å². The minimum Gasteiger partial charge on any atom is -0.508 e. The van der Waals surface area contributed by atoms with Crippen LogP contribution in [0.15, 0.2) is 36.4 Å². The largest absolute Gasteiger partial charge is 0.508 e. The van der Waals surface area contributed by atoms with E-state index in [2.05, 4.69) is 5.32 Å². The van der Waals surface area contributed by atoms with Crippen molar-refractivity contribution in [3.8, 4) is 5.75 Å². The Balaban J connectivity index is 2.30. The van der Waals surface area contributed by atoms with Crippen molar-refractivity contribution in [2.24, 2.45) is 5.73 Å². The first-order valence-electron chi connectivity index (χ1n) is 6.10. The quantitative estimate of drug-likeness (QED) is 0.813. The summed E-state index contributed by atoms with van der Waals surface area (Å²) in [4.78, 5) is 12.2. The molecule has 0 fully saturated rings. The minimum absolute atomic E-state index is 0.00743. The van der Waals surface area contributed by atoms with Crippen molar-refractivity contribution >= 4 is 23.2 Å². The van der Waals surface area contributed by atoms with E-state index in [1.807, 2.05) is 25.1 Å². The lowest BCUT2D eigenvalue weighted by atomic mass is 10.1. The first-order chi connectivity index (χ1) is 9.51. The molecule has 0 aromatic heterocycles. The maximum absolute atomic E-state index is 12.2. The number of aryl methyl sites for hydroxylation is 1. The summed E-state index contributed by atoms with van der Waals surface area (Å²) >= 11 is 5.96. The molecule has 0 bridgehead atoms. The number of phenolic OH excluding ortho intramolecular Hbond substituents is 1. The molecule has 104 valence electrons. The molecule has 0 aliphatic heterocycles. The lowest BCUT2D eigenvalue weighted by Gasteiger charge is -2.11. The van der Waals surface area contributed by atoms with E-state index in [9.17, 15) is 9.90 Å². The molecule has 4 nitrogen and oxygen atoms in total. The predicted molar refractivity (Wildman–Crippen MR) is 80.1 cm³/mol. The number of hydrogen-bond acceptors (Lipinski definition) is 3. The van der Waals surface area contributed by atoms with E-state index in [1.165, 1.54) is 18.2 Å². The number of amides is 1. The third kappa shape index (κ3) is 3.10. The van der Waals surface area contributed by atoms with Gasteiger partial charge in [0.15, 0.2) is 0 Å². The summed E-state index contributed by atoms with van der Waals surface area (Å²) in [6, 6.07) is 9.87. The fourth-order valence-corrected chi connectivity index (χ4v) is 2.01. The Hall–Kier alpha value is -2.04. The standard InChI is InChI=1S/C15H15ClN2O2/c1-9-2-3-10(8-17)6-14(9)18-15(20)12-7-11(19)4-5-13(12)16/h2-7,19H,8,17H2,1H3,(H,18,20). The van der Waals surface area contributed by atoms with E-state index in [1.54, 1.807) is 0 Å². The van der Waals surface area contributed by atoms with Crippen molar-refractivity contribution in [3.05, 3.63) is 58.1 Å². The van der Waals surface area contributed by atoms with Gasteiger partial charge in [-0.05, 0) is 42.3 Å². The second-order valence-corrected chi connectivity index (χ2v) is 4.88. The number of nitrogens with one attached hydrogen (secondary N) is 1. The highest BCUT2D eigenvalue weighted by Crippen LogP contribution is 2.23. The smallest absolute Gasteiger partial charge is 0.257 e. The van der Waals surface area contributed by atoms with Crippen LogP contribution in [0, 0.1) is 6.92 Å². The van der Waals surface area contributed by atoms with Crippen molar-refractivity contribution in [2.45, 2.75) is 13.5 Å². The molecular formula is C15H15ClN2O2. The van der Waals surface area contributed by atoms with Crippen molar-refractivity contribution in [3.63, 3.8) is 0 Å². The third-order valence-electron chi connectivity index (χ3n) is 2.98. The summed E-state index contributed by atoms with van der Waals surface area (Å²) in [5.41, 5.74) is 8.34. The van der Waals surface area contributed by atoms with Crippen LogP contribution in [0.2, 0.25) is 5.02 Å². The van der Waals surface area contributed by atoms with Crippen LogP contribution in [-0.4, -0.2) is 11.0 Å². The average molecular weight is 291 g/mol. The average Bonchev–Trinajstić information content (AvgIpc) is 2.43. The van der Waals surface area contributed by atoms with Crippen LogP contribution in [0.3, 0.4) is 0 Å². The topological polar surface area (TPSA) is 75.3 Å². The predicted octanol–water partition coefficient (Wildman–Crippen LogP) is 3.07. The molecule has 0 saturated heterocycles. The van der Waals surface area contributed by atoms with Gasteiger partial charge in [-0.2, -0.15) is 0 Å². The number of phenols is 1. The second kappa shape index (κ2) is 5.94. The number of aromatic hydroxyl groups is 1. The molecule has 0 radical (unpaired) electrons. The Morgan fingerprint density at radius 1 is 1.30 bits per heavy atom. The zero-order chi connectivity index (χ0) is 14.7. The Labute approximate surface area is 122 Å². The van der Waals surface area contributed by atoms with Crippen LogP contribution in [0.1, 0.15) is 21.5 Å². The lowest BCUT2D eigenvalue weighted by molar-refractivity contribution is 0.102. The summed E-state index contributed by atoms with van der Waals surface area (Å²) < 4.78 is 0. The van der Waals surface area contributed by atoms with Crippen LogP contribution < -0.4 is 11.1 Å². The van der Waals surface area contributed by atoms with Crippen LogP contribution in [-0.2, 0) is 6.54 Å². The van der Waals surface area contributed by atoms with E-state index < -0.39 is 0 Å². The van der Waals surface area contributed by atoms with E-state index in [0.717, 1.165) is 11.1 Å². The third-order valence-corrected chi connectivity index (χ3v) is 3.31. The molecule has 20 heavy (non-hydrogen) atoms. The van der Waals surface area contributed by atoms with Gasteiger partial charge < -0.3 is 16.2 Å². The monoisotopic (exact) mass is 290 g/mol. The van der Waals surface area contributed by atoms with Crippen LogP contribution in [0.5, 0.6) is 5.75 Å². The lowest BCUT2D eigenvalue weighted by Crippen LogP contribution is -2.13. The van der Waals surface area contributed by atoms with Gasteiger partial charge in [0.1, 0.15) is 5.75 Å². The van der Waals surface area contributed by atoms with Crippen molar-refractivity contribution in [1.82, 2.24) is 0 Å². The van der Waals surface area contributed by atoms with Gasteiger partial charge in [0.2, 0.25) is 0 Å². The molecule has 5 heteroatoms. The van der Waals surface area contributed by atoms with Gasteiger partial charge in [0.25, 0.3) is 5.91 Å². The van der Waals surface area contributed by atoms with Crippen molar-refractivity contribution in [2.75, 3.05) is 5.32 Å². The first-order valence-corrected chi connectivity index (χ1v) is 6.48. The number of benzene rings is 2. The van der Waals surface area contributed by atoms with Crippen molar-refractivity contribution in [1.29, 1.82) is 0 Å². The second-order valence-electron chi connectivity index (χ2n) is 4.47. The summed E-state index contributed by atoms with van der Waals surface area (Å²) in [5.74, 6) is -0.379. The molecule has 0 spiro atoms. The highest BCUT2D eigenvalue weighted by molar-refractivity contribution is 6.34. The molecule has 0 atom stereocenters. The molecule has 2 rings (SSSR count). The summed E-state index contributed by atoms with van der Waals surface area (Å²) in [5, 5.41) is 12.5. The molecule has 0 aliphatic carbocycles. The van der Waals surface area contributed by atoms with E-state index in [0.29, 0.717) is 12.2 Å². The number of carbonyl (C=O) groups is 1. The normalized spacial score (nSPS) is 10.3. The van der Waals surface area contributed by atoms with Gasteiger partial charge in [0, 0.05) is 12.2 Å². The van der Waals surface area contributed by atoms with Crippen LogP contribution >= 0.6 is 11.6 Å². The van der Waals surface area contributed by atoms with Gasteiger partial charge in [-0.15, -0.1) is 0 Å². The molecule has 0 aliphatic rings. The molecule has 1 amide bonds. The Morgan fingerprint density at radius 2 is 2.05 bits per heavy atom. The van der Waals surface area contributed by atoms with Gasteiger partial charge in [-0.3, -0.25) is 4.79 Å². The zero-order valence-electron chi connectivity index (χ0n) is 11.0. The van der Waals surface area contributed by atoms with Crippen LogP contribution in [0.4, 0.5) is 5.69 Å². The molecular weight excluding hydrogens is 276 g/mol. The number of anilines is 1. The van der Waals surface area contributed by atoms with Crippen molar-refractivity contribution < 1.29 is 9.90 Å². The molecule has 0 unspecified atom stereocenters. The first kappa shape index (κ1) is 14.4. The fraction of sp³-hybridized carbons (Fsp3) is 0.133. The highest BCUT2D eigenvalue weighted by atomic mass is 35.5. The summed E-state index contributed by atoms with van der Waals surface area (Å²) in [7, 11) is 0. The van der Waals surface area contributed by atoms with E-state index in [-0.39, 0.29) is 22.2 Å².